The van der Waals surface area contributed by atoms with E-state index in [0.717, 1.165) is 16.7 Å². The van der Waals surface area contributed by atoms with Crippen molar-refractivity contribution in [3.8, 4) is 11.1 Å². The standard InChI is InChI=1S/C28H28N2O5/c1-2-25(27(32)33)30-26(31)15-14-18-8-7-9-19(16-18)29-28(34)35-17-24-22-12-5-3-10-20(22)21-11-4-6-13-23(21)24/h3-13,16,24-25H,2,14-15,17H2,1H3,(H,29,34)(H,30,31)(H,32,33)/t25-/m0/s1. The molecule has 7 heteroatoms. The van der Waals surface area contributed by atoms with Gasteiger partial charge in [-0.3, -0.25) is 10.1 Å². The van der Waals surface area contributed by atoms with Crippen LogP contribution in [0.2, 0.25) is 0 Å². The van der Waals surface area contributed by atoms with Crippen LogP contribution >= 0.6 is 0 Å². The molecule has 4 rings (SSSR count). The molecule has 2 amide bonds. The van der Waals surface area contributed by atoms with Gasteiger partial charge < -0.3 is 15.2 Å². The lowest BCUT2D eigenvalue weighted by molar-refractivity contribution is -0.141. The highest BCUT2D eigenvalue weighted by Crippen LogP contribution is 2.44. The van der Waals surface area contributed by atoms with Crippen LogP contribution in [0, 0.1) is 0 Å². The fourth-order valence-electron chi connectivity index (χ4n) is 4.42. The molecule has 0 aliphatic heterocycles. The number of aliphatic carboxylic acids is 1. The molecule has 1 atom stereocenters. The van der Waals surface area contributed by atoms with Gasteiger partial charge in [0.2, 0.25) is 5.91 Å². The van der Waals surface area contributed by atoms with E-state index in [0.29, 0.717) is 18.5 Å². The highest BCUT2D eigenvalue weighted by molar-refractivity contribution is 5.85. The topological polar surface area (TPSA) is 105 Å². The Morgan fingerprint density at radius 3 is 2.23 bits per heavy atom. The van der Waals surface area contributed by atoms with Crippen LogP contribution in [-0.4, -0.2) is 35.7 Å². The van der Waals surface area contributed by atoms with E-state index in [4.69, 9.17) is 9.84 Å². The fraction of sp³-hybridized carbons (Fsp3) is 0.250. The van der Waals surface area contributed by atoms with Gasteiger partial charge in [0.15, 0.2) is 0 Å². The number of benzene rings is 3. The van der Waals surface area contributed by atoms with Crippen LogP contribution in [0.5, 0.6) is 0 Å². The number of carboxylic acids is 1. The first kappa shape index (κ1) is 24.0. The minimum atomic E-state index is -1.05. The zero-order valence-corrected chi connectivity index (χ0v) is 19.5. The number of aryl methyl sites for hydroxylation is 1. The third-order valence-electron chi connectivity index (χ3n) is 6.20. The van der Waals surface area contributed by atoms with Crippen LogP contribution in [0.3, 0.4) is 0 Å². The SMILES string of the molecule is CC[C@H](NC(=O)CCc1cccc(NC(=O)OCC2c3ccccc3-c3ccccc32)c1)C(=O)O. The third-order valence-corrected chi connectivity index (χ3v) is 6.20. The van der Waals surface area contributed by atoms with Gasteiger partial charge in [-0.25, -0.2) is 9.59 Å². The molecule has 0 aromatic heterocycles. The fourth-order valence-corrected chi connectivity index (χ4v) is 4.42. The normalized spacial score (nSPS) is 12.8. The second kappa shape index (κ2) is 10.9. The van der Waals surface area contributed by atoms with Gasteiger partial charge >= 0.3 is 12.1 Å². The summed E-state index contributed by atoms with van der Waals surface area (Å²) in [6, 6.07) is 22.6. The number of rotatable bonds is 9. The highest BCUT2D eigenvalue weighted by Gasteiger charge is 2.29. The Balaban J connectivity index is 1.32. The van der Waals surface area contributed by atoms with Crippen LogP contribution in [0.15, 0.2) is 72.8 Å². The number of amides is 2. The summed E-state index contributed by atoms with van der Waals surface area (Å²) in [5.74, 6) is -1.39. The second-order valence-electron chi connectivity index (χ2n) is 8.52. The van der Waals surface area contributed by atoms with Crippen molar-refractivity contribution in [3.05, 3.63) is 89.5 Å². The smallest absolute Gasteiger partial charge is 0.411 e. The zero-order chi connectivity index (χ0) is 24.8. The Morgan fingerprint density at radius 2 is 1.60 bits per heavy atom. The monoisotopic (exact) mass is 472 g/mol. The average Bonchev–Trinajstić information content (AvgIpc) is 3.18. The van der Waals surface area contributed by atoms with E-state index in [1.165, 1.54) is 11.1 Å². The van der Waals surface area contributed by atoms with E-state index in [1.807, 2.05) is 30.3 Å². The van der Waals surface area contributed by atoms with E-state index in [1.54, 1.807) is 25.1 Å². The molecular formula is C28H28N2O5. The second-order valence-corrected chi connectivity index (χ2v) is 8.52. The molecule has 7 nitrogen and oxygen atoms in total. The molecule has 0 heterocycles. The lowest BCUT2D eigenvalue weighted by Gasteiger charge is -2.15. The van der Waals surface area contributed by atoms with E-state index in [2.05, 4.69) is 34.9 Å². The number of carbonyl (C=O) groups is 3. The molecule has 1 aliphatic rings. The number of carboxylic acid groups (broad SMARTS) is 1. The van der Waals surface area contributed by atoms with E-state index < -0.39 is 18.1 Å². The van der Waals surface area contributed by atoms with Crippen molar-refractivity contribution in [3.63, 3.8) is 0 Å². The minimum absolute atomic E-state index is 0.0178. The van der Waals surface area contributed by atoms with Crippen LogP contribution in [0.25, 0.3) is 11.1 Å². The van der Waals surface area contributed by atoms with Gasteiger partial charge in [0, 0.05) is 18.0 Å². The number of anilines is 1. The third kappa shape index (κ3) is 5.69. The van der Waals surface area contributed by atoms with Crippen molar-refractivity contribution in [1.29, 1.82) is 0 Å². The van der Waals surface area contributed by atoms with Gasteiger partial charge in [-0.2, -0.15) is 0 Å². The predicted octanol–water partition coefficient (Wildman–Crippen LogP) is 4.96. The molecule has 0 bridgehead atoms. The molecule has 3 aromatic rings. The molecule has 0 fully saturated rings. The average molecular weight is 473 g/mol. The summed E-state index contributed by atoms with van der Waals surface area (Å²) in [7, 11) is 0. The number of ether oxygens (including phenoxy) is 1. The van der Waals surface area contributed by atoms with Gasteiger partial charge in [-0.1, -0.05) is 67.6 Å². The number of nitrogens with one attached hydrogen (secondary N) is 2. The number of hydrogen-bond acceptors (Lipinski definition) is 4. The maximum absolute atomic E-state index is 12.5. The lowest BCUT2D eigenvalue weighted by atomic mass is 9.98. The summed E-state index contributed by atoms with van der Waals surface area (Å²) in [6.45, 7) is 1.93. The van der Waals surface area contributed by atoms with Crippen LogP contribution in [0.1, 0.15) is 42.4 Å². The molecule has 0 saturated heterocycles. The van der Waals surface area contributed by atoms with Gasteiger partial charge in [0.05, 0.1) is 0 Å². The lowest BCUT2D eigenvalue weighted by Crippen LogP contribution is -2.40. The molecular weight excluding hydrogens is 444 g/mol. The van der Waals surface area contributed by atoms with E-state index in [9.17, 15) is 14.4 Å². The highest BCUT2D eigenvalue weighted by atomic mass is 16.5. The Labute approximate surface area is 204 Å². The molecule has 180 valence electrons. The number of carbonyl (C=O) groups excluding carboxylic acids is 2. The molecule has 0 spiro atoms. The largest absolute Gasteiger partial charge is 0.480 e. The Bertz CT molecular complexity index is 1190. The van der Waals surface area contributed by atoms with Crippen molar-refractivity contribution in [2.24, 2.45) is 0 Å². The zero-order valence-electron chi connectivity index (χ0n) is 19.5. The summed E-state index contributed by atoms with van der Waals surface area (Å²) in [5.41, 5.74) is 6.05. The predicted molar refractivity (Wildman–Crippen MR) is 133 cm³/mol. The summed E-state index contributed by atoms with van der Waals surface area (Å²) >= 11 is 0. The first-order valence-corrected chi connectivity index (χ1v) is 11.7. The van der Waals surface area contributed by atoms with Crippen molar-refractivity contribution in [1.82, 2.24) is 5.32 Å². The van der Waals surface area contributed by atoms with Gasteiger partial charge in [-0.15, -0.1) is 0 Å². The maximum Gasteiger partial charge on any atom is 0.411 e. The molecule has 3 aromatic carbocycles. The quantitative estimate of drug-likeness (QED) is 0.408. The minimum Gasteiger partial charge on any atom is -0.480 e. The Morgan fingerprint density at radius 1 is 0.943 bits per heavy atom. The van der Waals surface area contributed by atoms with Crippen LogP contribution in [-0.2, 0) is 20.7 Å². The maximum atomic E-state index is 12.5. The Kier molecular flexibility index (Phi) is 7.45. The molecule has 1 aliphatic carbocycles. The van der Waals surface area contributed by atoms with Crippen molar-refractivity contribution in [2.75, 3.05) is 11.9 Å². The number of fused-ring (bicyclic) bond motifs is 3. The van der Waals surface area contributed by atoms with Gasteiger partial charge in [-0.05, 0) is 52.8 Å². The van der Waals surface area contributed by atoms with Crippen molar-refractivity contribution in [2.45, 2.75) is 38.1 Å². The summed E-state index contributed by atoms with van der Waals surface area (Å²) in [6.07, 6.45) is 0.343. The van der Waals surface area contributed by atoms with Gasteiger partial charge in [0.25, 0.3) is 0 Å². The summed E-state index contributed by atoms with van der Waals surface area (Å²) in [5, 5.41) is 14.3. The first-order valence-electron chi connectivity index (χ1n) is 11.7. The number of hydrogen-bond donors (Lipinski definition) is 3. The van der Waals surface area contributed by atoms with E-state index in [-0.39, 0.29) is 24.9 Å². The molecule has 35 heavy (non-hydrogen) atoms. The van der Waals surface area contributed by atoms with Gasteiger partial charge in [0.1, 0.15) is 12.6 Å². The molecule has 0 radical (unpaired) electrons. The van der Waals surface area contributed by atoms with Crippen LogP contribution < -0.4 is 10.6 Å². The summed E-state index contributed by atoms with van der Waals surface area (Å²) in [4.78, 5) is 35.7. The molecule has 3 N–H and O–H groups in total. The molecule has 0 saturated carbocycles. The Hall–Kier alpha value is -4.13. The van der Waals surface area contributed by atoms with Crippen molar-refractivity contribution >= 4 is 23.7 Å². The van der Waals surface area contributed by atoms with Crippen LogP contribution in [0.4, 0.5) is 10.5 Å². The first-order chi connectivity index (χ1) is 17.0. The van der Waals surface area contributed by atoms with Crippen molar-refractivity contribution < 1.29 is 24.2 Å². The summed E-state index contributed by atoms with van der Waals surface area (Å²) < 4.78 is 5.59. The van der Waals surface area contributed by atoms with E-state index >= 15 is 0 Å². The molecule has 0 unspecified atom stereocenters.